The Balaban J connectivity index is 3.60. The van der Waals surface area contributed by atoms with E-state index in [0.717, 1.165) is 0 Å². The van der Waals surface area contributed by atoms with Crippen molar-refractivity contribution in [2.24, 2.45) is 0 Å². The van der Waals surface area contributed by atoms with Crippen molar-refractivity contribution in [3.63, 3.8) is 0 Å². The quantitative estimate of drug-likeness (QED) is 0.452. The standard InChI is InChI=1S/C9H20NO6P/c1-13-5-6-16-8-9(11)10-4-7-17(12,14-2)15-3/h4-8H2,1-3H3,(H,10,11). The number of carbonyl (C=O) groups excluding carboxylic acids is 1. The topological polar surface area (TPSA) is 83.1 Å². The van der Waals surface area contributed by atoms with E-state index in [1.54, 1.807) is 7.11 Å². The normalized spacial score (nSPS) is 11.5. The Morgan fingerprint density at radius 1 is 1.18 bits per heavy atom. The van der Waals surface area contributed by atoms with E-state index in [-0.39, 0.29) is 25.2 Å². The molecule has 17 heavy (non-hydrogen) atoms. The number of carbonyl (C=O) groups is 1. The summed E-state index contributed by atoms with van der Waals surface area (Å²) in [5.41, 5.74) is 0. The van der Waals surface area contributed by atoms with Crippen molar-refractivity contribution in [3.05, 3.63) is 0 Å². The highest BCUT2D eigenvalue weighted by molar-refractivity contribution is 7.53. The highest BCUT2D eigenvalue weighted by Crippen LogP contribution is 2.45. The molecule has 1 N–H and O–H groups in total. The maximum atomic E-state index is 11.6. The van der Waals surface area contributed by atoms with Gasteiger partial charge < -0.3 is 23.8 Å². The summed E-state index contributed by atoms with van der Waals surface area (Å²) in [6.45, 7) is 0.966. The summed E-state index contributed by atoms with van der Waals surface area (Å²) in [4.78, 5) is 11.2. The maximum absolute atomic E-state index is 11.6. The van der Waals surface area contributed by atoms with E-state index in [0.29, 0.717) is 13.2 Å². The summed E-state index contributed by atoms with van der Waals surface area (Å²) in [6.07, 6.45) is 0.129. The van der Waals surface area contributed by atoms with Gasteiger partial charge in [-0.2, -0.15) is 0 Å². The molecule has 1 amide bonds. The maximum Gasteiger partial charge on any atom is 0.331 e. The van der Waals surface area contributed by atoms with Gasteiger partial charge in [-0.05, 0) is 0 Å². The Morgan fingerprint density at radius 2 is 1.82 bits per heavy atom. The summed E-state index contributed by atoms with van der Waals surface area (Å²) in [5.74, 6) is -0.278. The third kappa shape index (κ3) is 8.29. The van der Waals surface area contributed by atoms with E-state index < -0.39 is 7.60 Å². The molecule has 0 aliphatic heterocycles. The van der Waals surface area contributed by atoms with E-state index >= 15 is 0 Å². The second-order valence-electron chi connectivity index (χ2n) is 3.09. The fourth-order valence-electron chi connectivity index (χ4n) is 0.948. The third-order valence-corrected chi connectivity index (χ3v) is 3.81. The lowest BCUT2D eigenvalue weighted by Crippen LogP contribution is -2.30. The molecule has 7 nitrogen and oxygen atoms in total. The summed E-state index contributed by atoms with van der Waals surface area (Å²) >= 11 is 0. The second kappa shape index (κ2) is 9.56. The molecule has 0 unspecified atom stereocenters. The molecule has 0 aromatic rings. The van der Waals surface area contributed by atoms with Crippen molar-refractivity contribution in [2.75, 3.05) is 53.9 Å². The second-order valence-corrected chi connectivity index (χ2v) is 5.49. The Labute approximate surface area is 101 Å². The minimum Gasteiger partial charge on any atom is -0.382 e. The van der Waals surface area contributed by atoms with Crippen LogP contribution in [0, 0.1) is 0 Å². The van der Waals surface area contributed by atoms with Gasteiger partial charge in [0.2, 0.25) is 5.91 Å². The van der Waals surface area contributed by atoms with Crippen LogP contribution in [-0.2, 0) is 27.9 Å². The minimum absolute atomic E-state index is 0.0480. The van der Waals surface area contributed by atoms with E-state index in [2.05, 4.69) is 5.32 Å². The van der Waals surface area contributed by atoms with Gasteiger partial charge in [-0.3, -0.25) is 9.36 Å². The van der Waals surface area contributed by atoms with Gasteiger partial charge in [0, 0.05) is 27.9 Å². The molecule has 0 saturated heterocycles. The van der Waals surface area contributed by atoms with Gasteiger partial charge in [-0.25, -0.2) is 0 Å². The first-order valence-corrected chi connectivity index (χ1v) is 6.84. The molecule has 0 heterocycles. The SMILES string of the molecule is COCCOCC(=O)NCCP(=O)(OC)OC. The number of methoxy groups -OCH3 is 1. The first-order valence-electron chi connectivity index (χ1n) is 5.12. The predicted octanol–water partition coefficient (Wildman–Crippen LogP) is 0.251. The van der Waals surface area contributed by atoms with Crippen LogP contribution in [0.25, 0.3) is 0 Å². The Kier molecular flexibility index (Phi) is 9.30. The number of rotatable bonds is 10. The highest BCUT2D eigenvalue weighted by atomic mass is 31.2. The molecule has 0 fully saturated rings. The number of nitrogens with one attached hydrogen (secondary N) is 1. The highest BCUT2D eigenvalue weighted by Gasteiger charge is 2.20. The van der Waals surface area contributed by atoms with Crippen LogP contribution >= 0.6 is 7.60 Å². The molecule has 0 saturated carbocycles. The molecule has 0 aromatic heterocycles. The lowest BCUT2D eigenvalue weighted by atomic mass is 10.6. The molecular weight excluding hydrogens is 249 g/mol. The largest absolute Gasteiger partial charge is 0.382 e. The van der Waals surface area contributed by atoms with Crippen LogP contribution in [0.1, 0.15) is 0 Å². The van der Waals surface area contributed by atoms with Gasteiger partial charge in [0.15, 0.2) is 0 Å². The van der Waals surface area contributed by atoms with Crippen LogP contribution in [0.3, 0.4) is 0 Å². The van der Waals surface area contributed by atoms with Gasteiger partial charge in [0.25, 0.3) is 0 Å². The van der Waals surface area contributed by atoms with Crippen molar-refractivity contribution in [3.8, 4) is 0 Å². The summed E-state index contributed by atoms with van der Waals surface area (Å²) < 4.78 is 30.8. The summed E-state index contributed by atoms with van der Waals surface area (Å²) in [5, 5.41) is 2.55. The lowest BCUT2D eigenvalue weighted by molar-refractivity contribution is -0.125. The zero-order valence-corrected chi connectivity index (χ0v) is 11.3. The first kappa shape index (κ1) is 16.5. The van der Waals surface area contributed by atoms with Crippen molar-refractivity contribution in [1.29, 1.82) is 0 Å². The molecule has 102 valence electrons. The zero-order valence-electron chi connectivity index (χ0n) is 10.4. The summed E-state index contributed by atoms with van der Waals surface area (Å²) in [7, 11) is 1.11. The number of hydrogen-bond acceptors (Lipinski definition) is 6. The third-order valence-electron chi connectivity index (χ3n) is 1.93. The van der Waals surface area contributed by atoms with E-state index in [4.69, 9.17) is 18.5 Å². The van der Waals surface area contributed by atoms with Crippen LogP contribution in [0.15, 0.2) is 0 Å². The van der Waals surface area contributed by atoms with Gasteiger partial charge >= 0.3 is 7.60 Å². The molecule has 0 radical (unpaired) electrons. The fraction of sp³-hybridized carbons (Fsp3) is 0.889. The molecule has 0 spiro atoms. The molecule has 0 aliphatic rings. The van der Waals surface area contributed by atoms with Gasteiger partial charge in [0.05, 0.1) is 19.4 Å². The molecule has 8 heteroatoms. The summed E-state index contributed by atoms with van der Waals surface area (Å²) in [6, 6.07) is 0. The van der Waals surface area contributed by atoms with Crippen LogP contribution < -0.4 is 5.32 Å². The van der Waals surface area contributed by atoms with Crippen molar-refractivity contribution >= 4 is 13.5 Å². The van der Waals surface area contributed by atoms with Crippen LogP contribution in [0.5, 0.6) is 0 Å². The molecule has 0 rings (SSSR count). The fourth-order valence-corrected chi connectivity index (χ4v) is 1.85. The van der Waals surface area contributed by atoms with Crippen LogP contribution in [0.2, 0.25) is 0 Å². The molecule has 0 atom stereocenters. The Hall–Kier alpha value is -0.460. The molecule has 0 aromatic carbocycles. The van der Waals surface area contributed by atoms with Crippen molar-refractivity contribution in [1.82, 2.24) is 5.32 Å². The Bertz CT molecular complexity index is 252. The number of amides is 1. The zero-order chi connectivity index (χ0) is 13.1. The minimum atomic E-state index is -3.05. The van der Waals surface area contributed by atoms with Crippen molar-refractivity contribution < 1.29 is 27.9 Å². The average molecular weight is 269 g/mol. The molecular formula is C9H20NO6P. The van der Waals surface area contributed by atoms with E-state index in [9.17, 15) is 9.36 Å². The van der Waals surface area contributed by atoms with E-state index in [1.807, 2.05) is 0 Å². The van der Waals surface area contributed by atoms with E-state index in [1.165, 1.54) is 14.2 Å². The smallest absolute Gasteiger partial charge is 0.331 e. The lowest BCUT2D eigenvalue weighted by Gasteiger charge is -2.13. The monoisotopic (exact) mass is 269 g/mol. The number of hydrogen-bond donors (Lipinski definition) is 1. The van der Waals surface area contributed by atoms with Crippen LogP contribution in [-0.4, -0.2) is 59.8 Å². The predicted molar refractivity (Wildman–Crippen MR) is 62.2 cm³/mol. The average Bonchev–Trinajstić information content (AvgIpc) is 2.34. The molecule has 0 bridgehead atoms. The number of ether oxygens (including phenoxy) is 2. The van der Waals surface area contributed by atoms with Gasteiger partial charge in [0.1, 0.15) is 6.61 Å². The first-order chi connectivity index (χ1) is 8.08. The van der Waals surface area contributed by atoms with Gasteiger partial charge in [-0.1, -0.05) is 0 Å². The van der Waals surface area contributed by atoms with Crippen LogP contribution in [0.4, 0.5) is 0 Å². The molecule has 0 aliphatic carbocycles. The Morgan fingerprint density at radius 3 is 2.35 bits per heavy atom. The van der Waals surface area contributed by atoms with Crippen molar-refractivity contribution in [2.45, 2.75) is 0 Å². The van der Waals surface area contributed by atoms with Gasteiger partial charge in [-0.15, -0.1) is 0 Å².